The second-order valence-corrected chi connectivity index (χ2v) is 6.35. The maximum Gasteiger partial charge on any atom is 0.236 e. The molecule has 2 aromatic rings. The Kier molecular flexibility index (Phi) is 5.14. The maximum atomic E-state index is 12.2. The molecule has 0 spiro atoms. The number of carbonyl (C=O) groups is 1. The van der Waals surface area contributed by atoms with Crippen LogP contribution in [0.4, 0.5) is 0 Å². The van der Waals surface area contributed by atoms with Crippen molar-refractivity contribution in [3.63, 3.8) is 0 Å². The Bertz CT molecular complexity index is 606. The van der Waals surface area contributed by atoms with Gasteiger partial charge in [0, 0.05) is 19.0 Å². The summed E-state index contributed by atoms with van der Waals surface area (Å²) in [7, 11) is 3.72. The van der Waals surface area contributed by atoms with E-state index in [1.54, 1.807) is 23.3 Å². The van der Waals surface area contributed by atoms with Crippen LogP contribution in [0.3, 0.4) is 0 Å². The predicted octanol–water partition coefficient (Wildman–Crippen LogP) is 2.44. The number of rotatable bonds is 6. The third-order valence-electron chi connectivity index (χ3n) is 3.12. The molecular formula is C15H21N3O2S. The van der Waals surface area contributed by atoms with Crippen molar-refractivity contribution < 1.29 is 9.21 Å². The van der Waals surface area contributed by atoms with Crippen molar-refractivity contribution in [1.82, 2.24) is 14.8 Å². The number of hydrogen-bond donors (Lipinski definition) is 0. The van der Waals surface area contributed by atoms with Crippen molar-refractivity contribution in [3.8, 4) is 0 Å². The number of carbonyl (C=O) groups excluding carboxylic acids is 1. The topological polar surface area (TPSA) is 49.6 Å². The Hall–Kier alpha value is -1.66. The zero-order chi connectivity index (χ0) is 15.4. The fraction of sp³-hybridized carbons (Fsp3) is 0.467. The number of amides is 1. The van der Waals surface area contributed by atoms with Gasteiger partial charge in [-0.3, -0.25) is 9.69 Å². The van der Waals surface area contributed by atoms with Crippen LogP contribution in [0.5, 0.6) is 0 Å². The van der Waals surface area contributed by atoms with Gasteiger partial charge in [0.25, 0.3) is 0 Å². The maximum absolute atomic E-state index is 12.2. The monoisotopic (exact) mass is 307 g/mol. The quantitative estimate of drug-likeness (QED) is 0.822. The molecule has 0 fully saturated rings. The summed E-state index contributed by atoms with van der Waals surface area (Å²) in [5, 5.41) is 3.08. The van der Waals surface area contributed by atoms with Gasteiger partial charge in [-0.25, -0.2) is 4.98 Å². The Morgan fingerprint density at radius 3 is 2.62 bits per heavy atom. The highest BCUT2D eigenvalue weighted by Gasteiger charge is 2.14. The number of thiazole rings is 1. The van der Waals surface area contributed by atoms with Gasteiger partial charge in [0.1, 0.15) is 11.5 Å². The van der Waals surface area contributed by atoms with Crippen LogP contribution >= 0.6 is 11.3 Å². The first kappa shape index (κ1) is 15.7. The third-order valence-corrected chi connectivity index (χ3v) is 3.94. The second-order valence-electron chi connectivity index (χ2n) is 5.29. The molecule has 0 aliphatic carbocycles. The molecule has 114 valence electrons. The first-order valence-electron chi connectivity index (χ1n) is 6.83. The molecule has 0 atom stereocenters. The van der Waals surface area contributed by atoms with E-state index in [0.717, 1.165) is 22.2 Å². The van der Waals surface area contributed by atoms with E-state index >= 15 is 0 Å². The summed E-state index contributed by atoms with van der Waals surface area (Å²) >= 11 is 1.63. The molecule has 2 heterocycles. The minimum Gasteiger partial charge on any atom is -0.464 e. The smallest absolute Gasteiger partial charge is 0.236 e. The molecule has 6 heteroatoms. The summed E-state index contributed by atoms with van der Waals surface area (Å²) in [6, 6.07) is 3.81. The van der Waals surface area contributed by atoms with Crippen molar-refractivity contribution in [3.05, 3.63) is 39.7 Å². The van der Waals surface area contributed by atoms with Gasteiger partial charge in [-0.05, 0) is 33.0 Å². The molecule has 0 saturated carbocycles. The Balaban J connectivity index is 1.82. The van der Waals surface area contributed by atoms with Gasteiger partial charge in [-0.15, -0.1) is 11.3 Å². The molecule has 2 rings (SSSR count). The Morgan fingerprint density at radius 1 is 1.29 bits per heavy atom. The summed E-state index contributed by atoms with van der Waals surface area (Å²) in [5.41, 5.74) is 1.01. The lowest BCUT2D eigenvalue weighted by atomic mass is 10.3. The molecular weight excluding hydrogens is 286 g/mol. The van der Waals surface area contributed by atoms with Crippen molar-refractivity contribution in [2.45, 2.75) is 26.9 Å². The molecule has 1 amide bonds. The molecule has 0 radical (unpaired) electrons. The van der Waals surface area contributed by atoms with E-state index in [9.17, 15) is 4.79 Å². The number of hydrogen-bond acceptors (Lipinski definition) is 5. The van der Waals surface area contributed by atoms with Gasteiger partial charge in [0.2, 0.25) is 5.91 Å². The standard InChI is InChI=1S/C15H21N3O2S/c1-11-5-6-14(20-11)8-18(4)15(19)9-17(3)7-13-10-21-12(2)16-13/h5-6,10H,7-9H2,1-4H3. The molecule has 0 aromatic carbocycles. The normalized spacial score (nSPS) is 11.1. The van der Waals surface area contributed by atoms with Crippen LogP contribution in [-0.2, 0) is 17.9 Å². The first-order chi connectivity index (χ1) is 9.94. The fourth-order valence-corrected chi connectivity index (χ4v) is 2.66. The van der Waals surface area contributed by atoms with Gasteiger partial charge in [-0.2, -0.15) is 0 Å². The average molecular weight is 307 g/mol. The largest absolute Gasteiger partial charge is 0.464 e. The lowest BCUT2D eigenvalue weighted by Crippen LogP contribution is -2.36. The number of likely N-dealkylation sites (N-methyl/N-ethyl adjacent to an activating group) is 2. The van der Waals surface area contributed by atoms with Crippen LogP contribution in [0.1, 0.15) is 22.2 Å². The van der Waals surface area contributed by atoms with Crippen LogP contribution in [0.25, 0.3) is 0 Å². The van der Waals surface area contributed by atoms with Gasteiger partial charge >= 0.3 is 0 Å². The lowest BCUT2D eigenvalue weighted by Gasteiger charge is -2.20. The molecule has 0 aliphatic heterocycles. The number of furan rings is 1. The highest BCUT2D eigenvalue weighted by molar-refractivity contribution is 7.09. The average Bonchev–Trinajstić information content (AvgIpc) is 2.98. The van der Waals surface area contributed by atoms with E-state index in [4.69, 9.17) is 4.42 Å². The molecule has 0 aliphatic rings. The zero-order valence-electron chi connectivity index (χ0n) is 12.9. The first-order valence-corrected chi connectivity index (χ1v) is 7.71. The van der Waals surface area contributed by atoms with Crippen molar-refractivity contribution in [1.29, 1.82) is 0 Å². The zero-order valence-corrected chi connectivity index (χ0v) is 13.7. The second kappa shape index (κ2) is 6.87. The molecule has 0 bridgehead atoms. The van der Waals surface area contributed by atoms with E-state index in [1.807, 2.05) is 43.3 Å². The summed E-state index contributed by atoms with van der Waals surface area (Å²) in [4.78, 5) is 20.2. The third kappa shape index (κ3) is 4.68. The molecule has 5 nitrogen and oxygen atoms in total. The van der Waals surface area contributed by atoms with E-state index in [2.05, 4.69) is 4.98 Å². The molecule has 0 saturated heterocycles. The summed E-state index contributed by atoms with van der Waals surface area (Å²) in [6.07, 6.45) is 0. The highest BCUT2D eigenvalue weighted by Crippen LogP contribution is 2.11. The molecule has 0 unspecified atom stereocenters. The minimum atomic E-state index is 0.0681. The predicted molar refractivity (Wildman–Crippen MR) is 83.1 cm³/mol. The fourth-order valence-electron chi connectivity index (χ4n) is 2.06. The van der Waals surface area contributed by atoms with E-state index in [0.29, 0.717) is 19.6 Å². The van der Waals surface area contributed by atoms with Gasteiger partial charge < -0.3 is 9.32 Å². The lowest BCUT2D eigenvalue weighted by molar-refractivity contribution is -0.131. The van der Waals surface area contributed by atoms with Crippen LogP contribution in [0, 0.1) is 13.8 Å². The summed E-state index contributed by atoms with van der Waals surface area (Å²) in [6.45, 7) is 5.43. The minimum absolute atomic E-state index is 0.0681. The number of nitrogens with zero attached hydrogens (tertiary/aromatic N) is 3. The molecule has 2 aromatic heterocycles. The summed E-state index contributed by atoms with van der Waals surface area (Å²) < 4.78 is 5.49. The van der Waals surface area contributed by atoms with Crippen molar-refractivity contribution in [2.75, 3.05) is 20.6 Å². The van der Waals surface area contributed by atoms with Crippen molar-refractivity contribution >= 4 is 17.2 Å². The van der Waals surface area contributed by atoms with Gasteiger partial charge in [0.15, 0.2) is 0 Å². The van der Waals surface area contributed by atoms with Gasteiger partial charge in [-0.1, -0.05) is 0 Å². The van der Waals surface area contributed by atoms with Gasteiger partial charge in [0.05, 0.1) is 23.8 Å². The molecule has 0 N–H and O–H groups in total. The van der Waals surface area contributed by atoms with E-state index < -0.39 is 0 Å². The van der Waals surface area contributed by atoms with Crippen LogP contribution < -0.4 is 0 Å². The number of aromatic nitrogens is 1. The van der Waals surface area contributed by atoms with Crippen molar-refractivity contribution in [2.24, 2.45) is 0 Å². The molecule has 21 heavy (non-hydrogen) atoms. The van der Waals surface area contributed by atoms with E-state index in [1.165, 1.54) is 0 Å². The highest BCUT2D eigenvalue weighted by atomic mass is 32.1. The SMILES string of the molecule is Cc1ccc(CN(C)C(=O)CN(C)Cc2csc(C)n2)o1. The van der Waals surface area contributed by atoms with Crippen LogP contribution in [0.15, 0.2) is 21.9 Å². The number of aryl methyl sites for hydroxylation is 2. The van der Waals surface area contributed by atoms with Crippen LogP contribution in [0.2, 0.25) is 0 Å². The Labute approximate surface area is 129 Å². The summed E-state index contributed by atoms with van der Waals surface area (Å²) in [5.74, 6) is 1.74. The Morgan fingerprint density at radius 2 is 2.05 bits per heavy atom. The van der Waals surface area contributed by atoms with E-state index in [-0.39, 0.29) is 5.91 Å². The van der Waals surface area contributed by atoms with Crippen LogP contribution in [-0.4, -0.2) is 41.3 Å².